The molecule has 1 amide bonds. The first-order valence-electron chi connectivity index (χ1n) is 6.10. The lowest BCUT2D eigenvalue weighted by atomic mass is 10.3. The molecule has 2 N–H and O–H groups in total. The lowest BCUT2D eigenvalue weighted by molar-refractivity contribution is -0.380. The summed E-state index contributed by atoms with van der Waals surface area (Å²) >= 11 is 6.80. The number of hydrogen-bond acceptors (Lipinski definition) is 6. The zero-order valence-electron chi connectivity index (χ0n) is 11.2. The Morgan fingerprint density at radius 2 is 2.23 bits per heavy atom. The van der Waals surface area contributed by atoms with Crippen LogP contribution in [0.3, 0.4) is 0 Å². The summed E-state index contributed by atoms with van der Waals surface area (Å²) in [6.07, 6.45) is 1.36. The van der Waals surface area contributed by atoms with Crippen LogP contribution in [0.4, 0.5) is 10.7 Å². The predicted molar refractivity (Wildman–Crippen MR) is 86.7 cm³/mol. The first-order valence-corrected chi connectivity index (χ1v) is 7.29. The van der Waals surface area contributed by atoms with E-state index >= 15 is 0 Å². The summed E-state index contributed by atoms with van der Waals surface area (Å²) in [5, 5.41) is 17.8. The first-order chi connectivity index (χ1) is 10.5. The molecule has 0 radical (unpaired) electrons. The number of benzene rings is 1. The van der Waals surface area contributed by atoms with E-state index in [1.54, 1.807) is 30.3 Å². The van der Waals surface area contributed by atoms with E-state index in [1.165, 1.54) is 12.3 Å². The molecule has 0 fully saturated rings. The Morgan fingerprint density at radius 3 is 2.91 bits per heavy atom. The fourth-order valence-corrected chi connectivity index (χ4v) is 2.38. The van der Waals surface area contributed by atoms with E-state index in [0.717, 1.165) is 17.0 Å². The highest BCUT2D eigenvalue weighted by molar-refractivity contribution is 7.16. The van der Waals surface area contributed by atoms with Gasteiger partial charge < -0.3 is 5.32 Å². The van der Waals surface area contributed by atoms with Crippen LogP contribution in [0.1, 0.15) is 4.88 Å². The van der Waals surface area contributed by atoms with Crippen LogP contribution in [0.15, 0.2) is 41.5 Å². The number of halogens is 1. The number of hydrazone groups is 1. The zero-order chi connectivity index (χ0) is 15.9. The molecule has 0 bridgehead atoms. The second-order valence-corrected chi connectivity index (χ2v) is 5.62. The van der Waals surface area contributed by atoms with Crippen molar-refractivity contribution in [1.82, 2.24) is 5.43 Å². The molecule has 0 spiro atoms. The molecule has 7 nitrogen and oxygen atoms in total. The molecule has 9 heteroatoms. The van der Waals surface area contributed by atoms with E-state index in [1.807, 2.05) is 0 Å². The van der Waals surface area contributed by atoms with E-state index in [0.29, 0.717) is 9.90 Å². The van der Waals surface area contributed by atoms with Gasteiger partial charge in [-0.3, -0.25) is 14.9 Å². The number of nitrogens with one attached hydrogen (secondary N) is 2. The van der Waals surface area contributed by atoms with Crippen LogP contribution in [0.5, 0.6) is 0 Å². The van der Waals surface area contributed by atoms with Crippen LogP contribution < -0.4 is 10.7 Å². The molecule has 1 aromatic carbocycles. The van der Waals surface area contributed by atoms with Gasteiger partial charge in [-0.2, -0.15) is 5.10 Å². The molecule has 22 heavy (non-hydrogen) atoms. The van der Waals surface area contributed by atoms with Crippen molar-refractivity contribution >= 4 is 45.7 Å². The molecule has 1 aromatic heterocycles. The second-order valence-electron chi connectivity index (χ2n) is 4.09. The van der Waals surface area contributed by atoms with Gasteiger partial charge >= 0.3 is 5.00 Å². The van der Waals surface area contributed by atoms with E-state index in [9.17, 15) is 14.9 Å². The highest BCUT2D eigenvalue weighted by Crippen LogP contribution is 2.22. The molecular weight excluding hydrogens is 328 g/mol. The predicted octanol–water partition coefficient (Wildman–Crippen LogP) is 2.87. The van der Waals surface area contributed by atoms with Crippen molar-refractivity contribution in [1.29, 1.82) is 0 Å². The Labute approximate surface area is 134 Å². The third-order valence-electron chi connectivity index (χ3n) is 2.45. The number of nitro groups is 1. The first kappa shape index (κ1) is 15.9. The van der Waals surface area contributed by atoms with Crippen molar-refractivity contribution in [2.75, 3.05) is 11.9 Å². The average molecular weight is 339 g/mol. The van der Waals surface area contributed by atoms with Crippen molar-refractivity contribution in [3.05, 3.63) is 56.4 Å². The number of thiophene rings is 1. The van der Waals surface area contributed by atoms with Crippen molar-refractivity contribution < 1.29 is 9.72 Å². The fourth-order valence-electron chi connectivity index (χ4n) is 1.50. The lowest BCUT2D eigenvalue weighted by Gasteiger charge is -2.05. The molecule has 0 unspecified atom stereocenters. The Morgan fingerprint density at radius 1 is 1.41 bits per heavy atom. The minimum absolute atomic E-state index is 0.0235. The molecule has 0 saturated carbocycles. The summed E-state index contributed by atoms with van der Waals surface area (Å²) in [4.78, 5) is 22.2. The maximum Gasteiger partial charge on any atom is 0.324 e. The minimum atomic E-state index is -0.477. The van der Waals surface area contributed by atoms with Crippen molar-refractivity contribution in [2.24, 2.45) is 5.10 Å². The quantitative estimate of drug-likeness (QED) is 0.481. The molecule has 2 aromatic rings. The van der Waals surface area contributed by atoms with E-state index in [2.05, 4.69) is 15.8 Å². The van der Waals surface area contributed by atoms with E-state index in [4.69, 9.17) is 11.6 Å². The van der Waals surface area contributed by atoms with Crippen molar-refractivity contribution in [3.8, 4) is 0 Å². The Balaban J connectivity index is 1.79. The number of carbonyl (C=O) groups excluding carboxylic acids is 1. The fraction of sp³-hybridized carbons (Fsp3) is 0.0769. The molecule has 0 aliphatic heterocycles. The molecule has 0 aliphatic carbocycles. The van der Waals surface area contributed by atoms with Crippen LogP contribution in [0.25, 0.3) is 0 Å². The summed E-state index contributed by atoms with van der Waals surface area (Å²) in [5.74, 6) is -0.345. The van der Waals surface area contributed by atoms with Crippen LogP contribution in [0.2, 0.25) is 5.02 Å². The molecule has 0 aliphatic rings. The SMILES string of the molecule is O=C(CNc1cccc(Cl)c1)N/N=C/c1ccc([N+](=O)[O-])s1. The van der Waals surface area contributed by atoms with Gasteiger partial charge in [0.2, 0.25) is 0 Å². The smallest absolute Gasteiger partial charge is 0.324 e. The standard InChI is InChI=1S/C13H11ClN4O3S/c14-9-2-1-3-10(6-9)15-8-12(19)17-16-7-11-4-5-13(22-11)18(20)21/h1-7,15H,8H2,(H,17,19)/b16-7+. The highest BCUT2D eigenvalue weighted by atomic mass is 35.5. The van der Waals surface area contributed by atoms with Crippen molar-refractivity contribution in [2.45, 2.75) is 0 Å². The highest BCUT2D eigenvalue weighted by Gasteiger charge is 2.08. The van der Waals surface area contributed by atoms with Gasteiger partial charge in [0.25, 0.3) is 5.91 Å². The third kappa shape index (κ3) is 4.83. The molecule has 2 rings (SSSR count). The number of rotatable bonds is 6. The number of amides is 1. The minimum Gasteiger partial charge on any atom is -0.376 e. The van der Waals surface area contributed by atoms with Crippen LogP contribution in [0, 0.1) is 10.1 Å². The normalized spacial score (nSPS) is 10.6. The third-order valence-corrected chi connectivity index (χ3v) is 3.66. The zero-order valence-corrected chi connectivity index (χ0v) is 12.7. The van der Waals surface area contributed by atoms with Crippen LogP contribution in [-0.2, 0) is 4.79 Å². The molecular formula is C13H11ClN4O3S. The van der Waals surface area contributed by atoms with Gasteiger partial charge in [-0.25, -0.2) is 5.43 Å². The number of hydrogen-bond donors (Lipinski definition) is 2. The van der Waals surface area contributed by atoms with Gasteiger partial charge in [-0.15, -0.1) is 0 Å². The van der Waals surface area contributed by atoms with Crippen molar-refractivity contribution in [3.63, 3.8) is 0 Å². The lowest BCUT2D eigenvalue weighted by Crippen LogP contribution is -2.25. The molecule has 114 valence electrons. The Bertz CT molecular complexity index is 717. The summed E-state index contributed by atoms with van der Waals surface area (Å²) in [6, 6.07) is 9.93. The van der Waals surface area contributed by atoms with E-state index in [-0.39, 0.29) is 17.5 Å². The van der Waals surface area contributed by atoms with Crippen LogP contribution in [-0.4, -0.2) is 23.6 Å². The molecule has 0 atom stereocenters. The largest absolute Gasteiger partial charge is 0.376 e. The number of carbonyl (C=O) groups is 1. The van der Waals surface area contributed by atoms with Gasteiger partial charge in [0.1, 0.15) is 0 Å². The van der Waals surface area contributed by atoms with Crippen LogP contribution >= 0.6 is 22.9 Å². The van der Waals surface area contributed by atoms with E-state index < -0.39 is 4.92 Å². The summed E-state index contributed by atoms with van der Waals surface area (Å²) in [7, 11) is 0. The monoisotopic (exact) mass is 338 g/mol. The molecule has 0 saturated heterocycles. The number of anilines is 1. The van der Waals surface area contributed by atoms with Gasteiger partial charge in [-0.05, 0) is 24.3 Å². The second kappa shape index (κ2) is 7.53. The van der Waals surface area contributed by atoms with Gasteiger partial charge in [0.05, 0.1) is 22.6 Å². The maximum absolute atomic E-state index is 11.6. The summed E-state index contributed by atoms with van der Waals surface area (Å²) in [5.41, 5.74) is 3.05. The topological polar surface area (TPSA) is 96.6 Å². The van der Waals surface area contributed by atoms with Gasteiger partial charge in [-0.1, -0.05) is 29.0 Å². The maximum atomic E-state index is 11.6. The van der Waals surface area contributed by atoms with Gasteiger partial charge in [0, 0.05) is 16.8 Å². The summed E-state index contributed by atoms with van der Waals surface area (Å²) < 4.78 is 0. The average Bonchev–Trinajstić information content (AvgIpc) is 2.94. The Kier molecular flexibility index (Phi) is 5.45. The van der Waals surface area contributed by atoms with Gasteiger partial charge in [0.15, 0.2) is 0 Å². The molecule has 1 heterocycles. The summed E-state index contributed by atoms with van der Waals surface area (Å²) in [6.45, 7) is 0.0300. The number of nitrogens with zero attached hydrogens (tertiary/aromatic N) is 2. The Hall–Kier alpha value is -2.45.